The van der Waals surface area contributed by atoms with Crippen LogP contribution in [-0.4, -0.2) is 24.7 Å². The molecule has 1 saturated carbocycles. The van der Waals surface area contributed by atoms with Crippen molar-refractivity contribution in [1.29, 1.82) is 0 Å². The van der Waals surface area contributed by atoms with Crippen LogP contribution in [0.15, 0.2) is 24.3 Å². The largest absolute Gasteiger partial charge is 0.389 e. The maximum Gasteiger partial charge on any atom is 0.106 e. The molecule has 1 aliphatic rings. The fourth-order valence-electron chi connectivity index (χ4n) is 1.78. The van der Waals surface area contributed by atoms with Crippen LogP contribution in [0.3, 0.4) is 0 Å². The van der Waals surface area contributed by atoms with Gasteiger partial charge in [-0.2, -0.15) is 0 Å². The average molecular weight is 264 g/mol. The van der Waals surface area contributed by atoms with Crippen LogP contribution in [0.1, 0.15) is 24.8 Å². The van der Waals surface area contributed by atoms with Gasteiger partial charge in [0.25, 0.3) is 0 Å². The number of para-hydroxylation sites is 1. The van der Waals surface area contributed by atoms with E-state index < -0.39 is 0 Å². The highest BCUT2D eigenvalue weighted by Crippen LogP contribution is 2.28. The van der Waals surface area contributed by atoms with Gasteiger partial charge in [0.05, 0.1) is 0 Å². The van der Waals surface area contributed by atoms with Crippen molar-refractivity contribution in [3.05, 3.63) is 29.8 Å². The summed E-state index contributed by atoms with van der Waals surface area (Å²) in [4.78, 5) is 0.433. The third kappa shape index (κ3) is 4.27. The molecular formula is C14H20N2OS. The molecule has 0 aromatic heterocycles. The molecule has 0 atom stereocenters. The fourth-order valence-corrected chi connectivity index (χ4v) is 1.96. The van der Waals surface area contributed by atoms with Gasteiger partial charge >= 0.3 is 0 Å². The van der Waals surface area contributed by atoms with Gasteiger partial charge in [-0.1, -0.05) is 24.4 Å². The molecule has 3 N–H and O–H groups in total. The minimum absolute atomic E-state index is 0.433. The zero-order valence-corrected chi connectivity index (χ0v) is 11.3. The Labute approximate surface area is 114 Å². The summed E-state index contributed by atoms with van der Waals surface area (Å²) in [6, 6.07) is 7.86. The highest BCUT2D eigenvalue weighted by molar-refractivity contribution is 7.80. The summed E-state index contributed by atoms with van der Waals surface area (Å²) in [6.45, 7) is 2.63. The lowest BCUT2D eigenvalue weighted by Crippen LogP contribution is -2.14. The van der Waals surface area contributed by atoms with E-state index in [2.05, 4.69) is 5.32 Å². The first-order valence-electron chi connectivity index (χ1n) is 6.48. The monoisotopic (exact) mass is 264 g/mol. The minimum atomic E-state index is 0.433. The van der Waals surface area contributed by atoms with Crippen molar-refractivity contribution < 1.29 is 4.74 Å². The summed E-state index contributed by atoms with van der Waals surface area (Å²) < 4.78 is 5.58. The van der Waals surface area contributed by atoms with E-state index in [1.165, 1.54) is 12.8 Å². The highest BCUT2D eigenvalue weighted by atomic mass is 32.1. The fraction of sp³-hybridized carbons (Fsp3) is 0.500. The van der Waals surface area contributed by atoms with E-state index in [1.807, 2.05) is 24.3 Å². The van der Waals surface area contributed by atoms with Gasteiger partial charge in [-0.3, -0.25) is 0 Å². The first kappa shape index (κ1) is 13.3. The van der Waals surface area contributed by atoms with Crippen molar-refractivity contribution in [2.45, 2.75) is 19.3 Å². The zero-order chi connectivity index (χ0) is 12.8. The van der Waals surface area contributed by atoms with E-state index in [4.69, 9.17) is 22.7 Å². The van der Waals surface area contributed by atoms with Crippen molar-refractivity contribution in [2.24, 2.45) is 11.7 Å². The molecule has 1 fully saturated rings. The smallest absolute Gasteiger partial charge is 0.106 e. The van der Waals surface area contributed by atoms with Crippen LogP contribution in [0, 0.1) is 5.92 Å². The lowest BCUT2D eigenvalue weighted by atomic mass is 10.2. The van der Waals surface area contributed by atoms with Gasteiger partial charge in [0.1, 0.15) is 4.99 Å². The lowest BCUT2D eigenvalue weighted by molar-refractivity contribution is 0.124. The number of nitrogens with one attached hydrogen (secondary N) is 1. The van der Waals surface area contributed by atoms with E-state index in [0.29, 0.717) is 4.99 Å². The van der Waals surface area contributed by atoms with E-state index in [1.54, 1.807) is 0 Å². The highest BCUT2D eigenvalue weighted by Gasteiger charge is 2.20. The average Bonchev–Trinajstić information content (AvgIpc) is 3.18. The standard InChI is InChI=1S/C14H20N2OS/c15-14(18)12-4-1-2-5-13(12)16-8-3-9-17-10-11-6-7-11/h1-2,4-5,11,16H,3,6-10H2,(H2,15,18). The van der Waals surface area contributed by atoms with Crippen molar-refractivity contribution in [3.8, 4) is 0 Å². The number of benzene rings is 1. The number of hydrogen-bond acceptors (Lipinski definition) is 3. The number of ether oxygens (including phenoxy) is 1. The normalized spacial score (nSPS) is 14.4. The molecule has 1 aromatic carbocycles. The quantitative estimate of drug-likeness (QED) is 0.559. The van der Waals surface area contributed by atoms with Crippen LogP contribution in [0.25, 0.3) is 0 Å². The summed E-state index contributed by atoms with van der Waals surface area (Å²) >= 11 is 5.02. The molecule has 1 aliphatic carbocycles. The van der Waals surface area contributed by atoms with Gasteiger partial charge in [-0.25, -0.2) is 0 Å². The first-order chi connectivity index (χ1) is 8.77. The van der Waals surface area contributed by atoms with Crippen molar-refractivity contribution >= 4 is 22.9 Å². The molecule has 3 nitrogen and oxygen atoms in total. The third-order valence-corrected chi connectivity index (χ3v) is 3.24. The molecule has 98 valence electrons. The molecule has 0 heterocycles. The molecule has 0 radical (unpaired) electrons. The second-order valence-corrected chi connectivity index (χ2v) is 5.15. The Balaban J connectivity index is 1.67. The number of rotatable bonds is 8. The number of hydrogen-bond donors (Lipinski definition) is 2. The molecule has 0 saturated heterocycles. The van der Waals surface area contributed by atoms with Gasteiger partial charge in [0, 0.05) is 31.0 Å². The number of nitrogens with two attached hydrogens (primary N) is 1. The molecule has 0 unspecified atom stereocenters. The Hall–Kier alpha value is -1.13. The van der Waals surface area contributed by atoms with Crippen molar-refractivity contribution in [1.82, 2.24) is 0 Å². The molecule has 0 amide bonds. The van der Waals surface area contributed by atoms with Gasteiger partial charge < -0.3 is 15.8 Å². The maximum absolute atomic E-state index is 5.67. The van der Waals surface area contributed by atoms with Crippen LogP contribution in [0.4, 0.5) is 5.69 Å². The predicted octanol–water partition coefficient (Wildman–Crippen LogP) is 2.55. The molecule has 1 aromatic rings. The second-order valence-electron chi connectivity index (χ2n) is 4.71. The summed E-state index contributed by atoms with van der Waals surface area (Å²) in [5.74, 6) is 0.841. The Morgan fingerprint density at radius 3 is 2.89 bits per heavy atom. The van der Waals surface area contributed by atoms with Gasteiger partial charge in [-0.15, -0.1) is 0 Å². The van der Waals surface area contributed by atoms with Crippen LogP contribution in [0.5, 0.6) is 0 Å². The Morgan fingerprint density at radius 2 is 2.17 bits per heavy atom. The minimum Gasteiger partial charge on any atom is -0.389 e. The van der Waals surface area contributed by atoms with Gasteiger partial charge in [0.2, 0.25) is 0 Å². The van der Waals surface area contributed by atoms with Gasteiger partial charge in [-0.05, 0) is 37.3 Å². The second kappa shape index (κ2) is 6.71. The molecule has 0 aliphatic heterocycles. The van der Waals surface area contributed by atoms with E-state index in [-0.39, 0.29) is 0 Å². The van der Waals surface area contributed by atoms with E-state index in [9.17, 15) is 0 Å². The molecule has 4 heteroatoms. The summed E-state index contributed by atoms with van der Waals surface area (Å²) in [5, 5.41) is 3.35. The van der Waals surface area contributed by atoms with Crippen LogP contribution < -0.4 is 11.1 Å². The van der Waals surface area contributed by atoms with E-state index in [0.717, 1.165) is 43.3 Å². The summed E-state index contributed by atoms with van der Waals surface area (Å²) in [5.41, 5.74) is 7.59. The topological polar surface area (TPSA) is 47.3 Å². The molecule has 0 bridgehead atoms. The van der Waals surface area contributed by atoms with Crippen molar-refractivity contribution in [2.75, 3.05) is 25.1 Å². The van der Waals surface area contributed by atoms with Gasteiger partial charge in [0.15, 0.2) is 0 Å². The summed E-state index contributed by atoms with van der Waals surface area (Å²) in [6.07, 6.45) is 3.69. The lowest BCUT2D eigenvalue weighted by Gasteiger charge is -2.11. The number of thiocarbonyl (C=S) groups is 1. The zero-order valence-electron chi connectivity index (χ0n) is 10.5. The predicted molar refractivity (Wildman–Crippen MR) is 79.0 cm³/mol. The third-order valence-electron chi connectivity index (χ3n) is 3.02. The SMILES string of the molecule is NC(=S)c1ccccc1NCCCOCC1CC1. The Bertz CT molecular complexity index is 405. The van der Waals surface area contributed by atoms with Crippen LogP contribution >= 0.6 is 12.2 Å². The summed E-state index contributed by atoms with van der Waals surface area (Å²) in [7, 11) is 0. The first-order valence-corrected chi connectivity index (χ1v) is 6.88. The molecule has 18 heavy (non-hydrogen) atoms. The van der Waals surface area contributed by atoms with Crippen LogP contribution in [-0.2, 0) is 4.74 Å². The molecule has 0 spiro atoms. The molecular weight excluding hydrogens is 244 g/mol. The Morgan fingerprint density at radius 1 is 1.39 bits per heavy atom. The van der Waals surface area contributed by atoms with Crippen molar-refractivity contribution in [3.63, 3.8) is 0 Å². The molecule has 2 rings (SSSR count). The number of anilines is 1. The van der Waals surface area contributed by atoms with E-state index >= 15 is 0 Å². The van der Waals surface area contributed by atoms with Crippen LogP contribution in [0.2, 0.25) is 0 Å². The maximum atomic E-state index is 5.67. The Kier molecular flexibility index (Phi) is 4.96.